The van der Waals surface area contributed by atoms with Gasteiger partial charge < -0.3 is 5.32 Å². The van der Waals surface area contributed by atoms with Gasteiger partial charge in [0.15, 0.2) is 5.65 Å². The molecule has 0 unspecified atom stereocenters. The summed E-state index contributed by atoms with van der Waals surface area (Å²) in [7, 11) is 0. The van der Waals surface area contributed by atoms with Crippen molar-refractivity contribution in [3.05, 3.63) is 41.5 Å². The van der Waals surface area contributed by atoms with Gasteiger partial charge in [-0.25, -0.2) is 4.98 Å². The van der Waals surface area contributed by atoms with Crippen molar-refractivity contribution in [2.75, 3.05) is 11.9 Å². The number of nitrogens with zero attached hydrogens (tertiary/aromatic N) is 3. The van der Waals surface area contributed by atoms with Crippen LogP contribution in [0.1, 0.15) is 43.7 Å². The number of benzene rings is 1. The molecule has 0 amide bonds. The summed E-state index contributed by atoms with van der Waals surface area (Å²) in [5.41, 5.74) is 4.31. The summed E-state index contributed by atoms with van der Waals surface area (Å²) in [6.07, 6.45) is 4.91. The summed E-state index contributed by atoms with van der Waals surface area (Å²) in [6, 6.07) is 12.4. The Kier molecular flexibility index (Phi) is 4.47. The molecule has 0 aliphatic heterocycles. The number of hydrogen-bond acceptors (Lipinski definition) is 3. The van der Waals surface area contributed by atoms with Crippen molar-refractivity contribution in [2.45, 2.75) is 39.5 Å². The van der Waals surface area contributed by atoms with E-state index >= 15 is 0 Å². The number of fused-ring (bicyclic) bond motifs is 3. The van der Waals surface area contributed by atoms with Gasteiger partial charge in [0.2, 0.25) is 0 Å². The van der Waals surface area contributed by atoms with Crippen molar-refractivity contribution in [3.8, 4) is 6.07 Å². The van der Waals surface area contributed by atoms with E-state index in [1.807, 2.05) is 31.2 Å². The zero-order valence-electron chi connectivity index (χ0n) is 13.8. The molecule has 0 bridgehead atoms. The van der Waals surface area contributed by atoms with Gasteiger partial charge in [0, 0.05) is 6.54 Å². The predicted molar refractivity (Wildman–Crippen MR) is 94.8 cm³/mol. The largest absolute Gasteiger partial charge is 0.371 e. The Labute approximate surface area is 136 Å². The summed E-state index contributed by atoms with van der Waals surface area (Å²) in [6.45, 7) is 5.13. The topological polar surface area (TPSA) is 53.1 Å². The molecular formula is C19H22N4. The molecular weight excluding hydrogens is 284 g/mol. The zero-order chi connectivity index (χ0) is 16.2. The van der Waals surface area contributed by atoms with Gasteiger partial charge in [-0.05, 0) is 37.1 Å². The van der Waals surface area contributed by atoms with E-state index in [0.29, 0.717) is 5.56 Å². The third-order valence-corrected chi connectivity index (χ3v) is 4.22. The van der Waals surface area contributed by atoms with Crippen molar-refractivity contribution >= 4 is 22.5 Å². The lowest BCUT2D eigenvalue weighted by Crippen LogP contribution is -2.07. The minimum Gasteiger partial charge on any atom is -0.371 e. The van der Waals surface area contributed by atoms with Crippen LogP contribution in [-0.2, 0) is 0 Å². The monoisotopic (exact) mass is 306 g/mol. The third-order valence-electron chi connectivity index (χ3n) is 4.22. The molecule has 4 nitrogen and oxygen atoms in total. The van der Waals surface area contributed by atoms with E-state index in [2.05, 4.69) is 33.8 Å². The summed E-state index contributed by atoms with van der Waals surface area (Å²) >= 11 is 0. The molecule has 0 saturated carbocycles. The van der Waals surface area contributed by atoms with E-state index in [4.69, 9.17) is 0 Å². The average Bonchev–Trinajstić information content (AvgIpc) is 2.94. The van der Waals surface area contributed by atoms with Crippen LogP contribution < -0.4 is 5.32 Å². The highest BCUT2D eigenvalue weighted by atomic mass is 15.1. The van der Waals surface area contributed by atoms with Gasteiger partial charge in [-0.3, -0.25) is 4.40 Å². The first-order valence-electron chi connectivity index (χ1n) is 8.31. The van der Waals surface area contributed by atoms with Crippen molar-refractivity contribution in [3.63, 3.8) is 0 Å². The van der Waals surface area contributed by atoms with Crippen LogP contribution in [0.15, 0.2) is 30.3 Å². The molecule has 0 spiro atoms. The number of imidazole rings is 1. The first-order chi connectivity index (χ1) is 11.3. The van der Waals surface area contributed by atoms with Gasteiger partial charge >= 0.3 is 0 Å². The Balaban J connectivity index is 2.05. The van der Waals surface area contributed by atoms with Gasteiger partial charge in [-0.1, -0.05) is 38.3 Å². The predicted octanol–water partition coefficient (Wildman–Crippen LogP) is 4.66. The van der Waals surface area contributed by atoms with E-state index in [-0.39, 0.29) is 0 Å². The quantitative estimate of drug-likeness (QED) is 0.674. The summed E-state index contributed by atoms with van der Waals surface area (Å²) in [5, 5.41) is 13.0. The highest BCUT2D eigenvalue weighted by Crippen LogP contribution is 2.26. The molecule has 1 aromatic carbocycles. The lowest BCUT2D eigenvalue weighted by molar-refractivity contribution is 0.684. The van der Waals surface area contributed by atoms with Crippen LogP contribution in [-0.4, -0.2) is 15.9 Å². The normalized spacial score (nSPS) is 11.0. The van der Waals surface area contributed by atoms with Gasteiger partial charge in [-0.15, -0.1) is 0 Å². The molecule has 0 radical (unpaired) electrons. The highest BCUT2D eigenvalue weighted by molar-refractivity contribution is 5.85. The smallest absolute Gasteiger partial charge is 0.157 e. The van der Waals surface area contributed by atoms with Gasteiger partial charge in [0.1, 0.15) is 11.9 Å². The van der Waals surface area contributed by atoms with E-state index in [1.165, 1.54) is 19.3 Å². The minimum absolute atomic E-state index is 0.651. The number of hydrogen-bond donors (Lipinski definition) is 1. The maximum Gasteiger partial charge on any atom is 0.157 e. The number of nitriles is 1. The number of aromatic nitrogens is 2. The van der Waals surface area contributed by atoms with Crippen LogP contribution >= 0.6 is 0 Å². The number of pyridine rings is 1. The van der Waals surface area contributed by atoms with E-state index in [0.717, 1.165) is 41.0 Å². The average molecular weight is 306 g/mol. The standard InChI is InChI=1S/C19H22N4/c1-3-4-5-8-11-21-18-12-14(2)15(13-20)19-22-16-9-6-7-10-17(16)23(18)19/h6-7,9-10,12,21H,3-5,8,11H2,1-2H3. The molecule has 2 heterocycles. The molecule has 0 atom stereocenters. The number of unbranched alkanes of at least 4 members (excludes halogenated alkanes) is 3. The molecule has 118 valence electrons. The number of rotatable bonds is 6. The molecule has 23 heavy (non-hydrogen) atoms. The molecule has 0 aliphatic carbocycles. The van der Waals surface area contributed by atoms with Crippen LogP contribution in [0.3, 0.4) is 0 Å². The van der Waals surface area contributed by atoms with Crippen molar-refractivity contribution in [1.29, 1.82) is 5.26 Å². The lowest BCUT2D eigenvalue weighted by atomic mass is 10.1. The minimum atomic E-state index is 0.651. The summed E-state index contributed by atoms with van der Waals surface area (Å²) < 4.78 is 2.07. The Morgan fingerprint density at radius 1 is 1.22 bits per heavy atom. The molecule has 4 heteroatoms. The second kappa shape index (κ2) is 6.70. The molecule has 3 aromatic rings. The van der Waals surface area contributed by atoms with Gasteiger partial charge in [0.25, 0.3) is 0 Å². The molecule has 3 rings (SSSR count). The molecule has 0 fully saturated rings. The van der Waals surface area contributed by atoms with Crippen LogP contribution in [0, 0.1) is 18.3 Å². The number of nitrogens with one attached hydrogen (secondary N) is 1. The Morgan fingerprint density at radius 3 is 2.83 bits per heavy atom. The van der Waals surface area contributed by atoms with Crippen LogP contribution in [0.2, 0.25) is 0 Å². The summed E-state index contributed by atoms with van der Waals surface area (Å²) in [5.74, 6) is 1.02. The lowest BCUT2D eigenvalue weighted by Gasteiger charge is -2.12. The molecule has 1 N–H and O–H groups in total. The number of aryl methyl sites for hydroxylation is 1. The second-order valence-electron chi connectivity index (χ2n) is 5.95. The van der Waals surface area contributed by atoms with Gasteiger partial charge in [-0.2, -0.15) is 5.26 Å². The Bertz CT molecular complexity index is 870. The van der Waals surface area contributed by atoms with Crippen LogP contribution in [0.5, 0.6) is 0 Å². The third kappa shape index (κ3) is 2.87. The van der Waals surface area contributed by atoms with Crippen LogP contribution in [0.4, 0.5) is 5.82 Å². The van der Waals surface area contributed by atoms with Gasteiger partial charge in [0.05, 0.1) is 16.6 Å². The van der Waals surface area contributed by atoms with E-state index in [9.17, 15) is 5.26 Å². The number of para-hydroxylation sites is 2. The van der Waals surface area contributed by atoms with E-state index < -0.39 is 0 Å². The fourth-order valence-electron chi connectivity index (χ4n) is 2.99. The first kappa shape index (κ1) is 15.4. The Hall–Kier alpha value is -2.54. The van der Waals surface area contributed by atoms with Crippen LogP contribution in [0.25, 0.3) is 16.7 Å². The highest BCUT2D eigenvalue weighted by Gasteiger charge is 2.14. The molecule has 0 aliphatic rings. The number of anilines is 1. The van der Waals surface area contributed by atoms with Crippen molar-refractivity contribution < 1.29 is 0 Å². The Morgan fingerprint density at radius 2 is 2.04 bits per heavy atom. The fourth-order valence-corrected chi connectivity index (χ4v) is 2.99. The van der Waals surface area contributed by atoms with Crippen molar-refractivity contribution in [2.24, 2.45) is 0 Å². The fraction of sp³-hybridized carbons (Fsp3) is 0.368. The van der Waals surface area contributed by atoms with Crippen molar-refractivity contribution in [1.82, 2.24) is 9.38 Å². The zero-order valence-corrected chi connectivity index (χ0v) is 13.8. The first-order valence-corrected chi connectivity index (χ1v) is 8.31. The summed E-state index contributed by atoms with van der Waals surface area (Å²) in [4.78, 5) is 4.67. The second-order valence-corrected chi connectivity index (χ2v) is 5.95. The maximum absolute atomic E-state index is 9.48. The molecule has 0 saturated heterocycles. The molecule has 2 aromatic heterocycles. The maximum atomic E-state index is 9.48. The SMILES string of the molecule is CCCCCCNc1cc(C)c(C#N)c2nc3ccccc3n12. The van der Waals surface area contributed by atoms with E-state index in [1.54, 1.807) is 0 Å².